The molecule has 3 rings (SSSR count). The van der Waals surface area contributed by atoms with Gasteiger partial charge in [0, 0.05) is 23.5 Å². The van der Waals surface area contributed by atoms with Gasteiger partial charge < -0.3 is 0 Å². The summed E-state index contributed by atoms with van der Waals surface area (Å²) in [5.41, 5.74) is 2.53. The van der Waals surface area contributed by atoms with Crippen LogP contribution in [0, 0.1) is 13.8 Å². The molecule has 6 heteroatoms. The standard InChI is InChI=1S/C21H21N3O3/c1-4-17-18(19(25)16-10-13(2)9-14(3)11-16)24(21(27)23-20(17)26)12-15-5-7-22-8-6-15/h5-11H,4,12H2,1-3H3,(H,23,26,27). The summed E-state index contributed by atoms with van der Waals surface area (Å²) >= 11 is 0. The number of rotatable bonds is 5. The maximum atomic E-state index is 13.3. The minimum absolute atomic E-state index is 0.146. The molecule has 0 atom stereocenters. The molecule has 0 bridgehead atoms. The Balaban J connectivity index is 2.24. The third kappa shape index (κ3) is 3.79. The molecule has 0 aliphatic heterocycles. The predicted molar refractivity (Wildman–Crippen MR) is 103 cm³/mol. The zero-order chi connectivity index (χ0) is 19.6. The highest BCUT2D eigenvalue weighted by atomic mass is 16.2. The Labute approximate surface area is 156 Å². The van der Waals surface area contributed by atoms with E-state index in [1.165, 1.54) is 4.57 Å². The average Bonchev–Trinajstić information content (AvgIpc) is 2.63. The van der Waals surface area contributed by atoms with E-state index in [2.05, 4.69) is 9.97 Å². The summed E-state index contributed by atoms with van der Waals surface area (Å²) in [7, 11) is 0. The first-order valence-electron chi connectivity index (χ1n) is 8.78. The third-order valence-corrected chi connectivity index (χ3v) is 4.44. The van der Waals surface area contributed by atoms with Gasteiger partial charge in [0.1, 0.15) is 5.69 Å². The van der Waals surface area contributed by atoms with E-state index in [4.69, 9.17) is 0 Å². The summed E-state index contributed by atoms with van der Waals surface area (Å²) in [6, 6.07) is 9.07. The maximum Gasteiger partial charge on any atom is 0.329 e. The molecule has 0 saturated carbocycles. The van der Waals surface area contributed by atoms with Crippen molar-refractivity contribution in [1.82, 2.24) is 14.5 Å². The lowest BCUT2D eigenvalue weighted by molar-refractivity contribution is 0.102. The van der Waals surface area contributed by atoms with Crippen LogP contribution in [0.2, 0.25) is 0 Å². The van der Waals surface area contributed by atoms with Crippen LogP contribution in [0.3, 0.4) is 0 Å². The second-order valence-electron chi connectivity index (χ2n) is 6.59. The molecule has 0 aliphatic rings. The van der Waals surface area contributed by atoms with E-state index < -0.39 is 11.2 Å². The van der Waals surface area contributed by atoms with Gasteiger partial charge in [-0.25, -0.2) is 4.79 Å². The number of carbonyl (C=O) groups is 1. The first-order valence-corrected chi connectivity index (χ1v) is 8.78. The van der Waals surface area contributed by atoms with Crippen LogP contribution in [-0.4, -0.2) is 20.3 Å². The van der Waals surface area contributed by atoms with Gasteiger partial charge in [0.2, 0.25) is 5.78 Å². The number of aromatic nitrogens is 3. The number of nitrogens with zero attached hydrogens (tertiary/aromatic N) is 2. The molecule has 0 aliphatic carbocycles. The summed E-state index contributed by atoms with van der Waals surface area (Å²) in [5, 5.41) is 0. The summed E-state index contributed by atoms with van der Waals surface area (Å²) in [5.74, 6) is -0.323. The van der Waals surface area contributed by atoms with Crippen molar-refractivity contribution in [1.29, 1.82) is 0 Å². The van der Waals surface area contributed by atoms with Gasteiger partial charge in [-0.05, 0) is 50.1 Å². The van der Waals surface area contributed by atoms with Gasteiger partial charge >= 0.3 is 5.69 Å². The number of pyridine rings is 1. The number of hydrogen-bond donors (Lipinski definition) is 1. The van der Waals surface area contributed by atoms with Crippen molar-refractivity contribution in [3.8, 4) is 0 Å². The van der Waals surface area contributed by atoms with Crippen LogP contribution in [0.25, 0.3) is 0 Å². The van der Waals surface area contributed by atoms with Crippen LogP contribution in [0.5, 0.6) is 0 Å². The first-order chi connectivity index (χ1) is 12.9. The van der Waals surface area contributed by atoms with Crippen molar-refractivity contribution in [2.75, 3.05) is 0 Å². The molecule has 0 unspecified atom stereocenters. The molecule has 27 heavy (non-hydrogen) atoms. The van der Waals surface area contributed by atoms with Gasteiger partial charge in [0.05, 0.1) is 6.54 Å². The SMILES string of the molecule is CCc1c(C(=O)c2cc(C)cc(C)c2)n(Cc2ccncc2)c(=O)[nH]c1=O. The number of hydrogen-bond acceptors (Lipinski definition) is 4. The highest BCUT2D eigenvalue weighted by Gasteiger charge is 2.22. The number of nitrogens with one attached hydrogen (secondary N) is 1. The molecular weight excluding hydrogens is 342 g/mol. The minimum Gasteiger partial charge on any atom is -0.287 e. The highest BCUT2D eigenvalue weighted by Crippen LogP contribution is 2.16. The van der Waals surface area contributed by atoms with Gasteiger partial charge in [-0.2, -0.15) is 0 Å². The number of aromatic amines is 1. The predicted octanol–water partition coefficient (Wildman–Crippen LogP) is 2.39. The van der Waals surface area contributed by atoms with Gasteiger partial charge in [-0.1, -0.05) is 24.1 Å². The molecule has 6 nitrogen and oxygen atoms in total. The van der Waals surface area contributed by atoms with E-state index in [-0.39, 0.29) is 18.0 Å². The molecule has 138 valence electrons. The van der Waals surface area contributed by atoms with E-state index >= 15 is 0 Å². The van der Waals surface area contributed by atoms with E-state index in [9.17, 15) is 14.4 Å². The van der Waals surface area contributed by atoms with Crippen LogP contribution in [0.15, 0.2) is 52.3 Å². The highest BCUT2D eigenvalue weighted by molar-refractivity contribution is 6.09. The van der Waals surface area contributed by atoms with Crippen LogP contribution in [-0.2, 0) is 13.0 Å². The van der Waals surface area contributed by atoms with E-state index in [1.54, 1.807) is 43.6 Å². The fourth-order valence-corrected chi connectivity index (χ4v) is 3.26. The summed E-state index contributed by atoms with van der Waals surface area (Å²) in [4.78, 5) is 44.5. The van der Waals surface area contributed by atoms with Gasteiger partial charge in [-0.3, -0.25) is 24.1 Å². The van der Waals surface area contributed by atoms with E-state index in [0.29, 0.717) is 17.5 Å². The number of H-pyrrole nitrogens is 1. The lowest BCUT2D eigenvalue weighted by Crippen LogP contribution is -2.37. The monoisotopic (exact) mass is 363 g/mol. The Morgan fingerprint density at radius 2 is 1.70 bits per heavy atom. The molecule has 1 aromatic carbocycles. The minimum atomic E-state index is -0.596. The van der Waals surface area contributed by atoms with Crippen molar-refractivity contribution in [2.24, 2.45) is 0 Å². The average molecular weight is 363 g/mol. The third-order valence-electron chi connectivity index (χ3n) is 4.44. The molecule has 2 aromatic heterocycles. The topological polar surface area (TPSA) is 84.8 Å². The number of carbonyl (C=O) groups excluding carboxylic acids is 1. The molecular formula is C21H21N3O3. The molecule has 3 aromatic rings. The van der Waals surface area contributed by atoms with Crippen LogP contribution < -0.4 is 11.2 Å². The van der Waals surface area contributed by atoms with Crippen molar-refractivity contribution in [2.45, 2.75) is 33.7 Å². The molecule has 1 N–H and O–H groups in total. The molecule has 0 saturated heterocycles. The van der Waals surface area contributed by atoms with Gasteiger partial charge in [-0.15, -0.1) is 0 Å². The zero-order valence-electron chi connectivity index (χ0n) is 15.6. The van der Waals surface area contributed by atoms with Crippen LogP contribution in [0.1, 0.15) is 45.2 Å². The van der Waals surface area contributed by atoms with Crippen LogP contribution >= 0.6 is 0 Å². The largest absolute Gasteiger partial charge is 0.329 e. The quantitative estimate of drug-likeness (QED) is 0.706. The Bertz CT molecular complexity index is 1090. The lowest BCUT2D eigenvalue weighted by Gasteiger charge is -2.15. The van der Waals surface area contributed by atoms with E-state index in [1.807, 2.05) is 19.9 Å². The van der Waals surface area contributed by atoms with Crippen LogP contribution in [0.4, 0.5) is 0 Å². The second-order valence-corrected chi connectivity index (χ2v) is 6.59. The summed E-state index contributed by atoms with van der Waals surface area (Å²) in [6.45, 7) is 5.79. The molecule has 2 heterocycles. The number of aryl methyl sites for hydroxylation is 2. The fraction of sp³-hybridized carbons (Fsp3) is 0.238. The molecule has 0 spiro atoms. The van der Waals surface area contributed by atoms with Crippen molar-refractivity contribution >= 4 is 5.78 Å². The summed E-state index contributed by atoms with van der Waals surface area (Å²) in [6.07, 6.45) is 3.59. The fourth-order valence-electron chi connectivity index (χ4n) is 3.26. The van der Waals surface area contributed by atoms with Gasteiger partial charge in [0.25, 0.3) is 5.56 Å². The Kier molecular flexibility index (Phi) is 5.16. The molecule has 0 amide bonds. The number of benzene rings is 1. The lowest BCUT2D eigenvalue weighted by atomic mass is 9.99. The normalized spacial score (nSPS) is 10.8. The Morgan fingerprint density at radius 3 is 2.30 bits per heavy atom. The second kappa shape index (κ2) is 7.53. The first kappa shape index (κ1) is 18.5. The smallest absolute Gasteiger partial charge is 0.287 e. The van der Waals surface area contributed by atoms with Crippen molar-refractivity contribution in [3.63, 3.8) is 0 Å². The van der Waals surface area contributed by atoms with Crippen molar-refractivity contribution in [3.05, 3.63) is 97.1 Å². The van der Waals surface area contributed by atoms with E-state index in [0.717, 1.165) is 16.7 Å². The maximum absolute atomic E-state index is 13.3. The molecule has 0 fully saturated rings. The molecule has 0 radical (unpaired) electrons. The van der Waals surface area contributed by atoms with Crippen molar-refractivity contribution < 1.29 is 4.79 Å². The summed E-state index contributed by atoms with van der Waals surface area (Å²) < 4.78 is 1.34. The zero-order valence-corrected chi connectivity index (χ0v) is 15.6. The Hall–Kier alpha value is -3.28. The Morgan fingerprint density at radius 1 is 1.07 bits per heavy atom. The van der Waals surface area contributed by atoms with Gasteiger partial charge in [0.15, 0.2) is 0 Å². The number of ketones is 1.